The van der Waals surface area contributed by atoms with E-state index < -0.39 is 22.7 Å². The van der Waals surface area contributed by atoms with Gasteiger partial charge >= 0.3 is 11.9 Å². The molecule has 1 N–H and O–H groups in total. The first-order valence-electron chi connectivity index (χ1n) is 5.83. The van der Waals surface area contributed by atoms with Gasteiger partial charge < -0.3 is 13.6 Å². The lowest BCUT2D eigenvalue weighted by molar-refractivity contribution is -0.402. The minimum atomic E-state index is -0.761. The largest absolute Gasteiger partial charge is 0.460 e. The Hall–Kier alpha value is -3.10. The van der Waals surface area contributed by atoms with Crippen molar-refractivity contribution in [2.45, 2.75) is 6.92 Å². The van der Waals surface area contributed by atoms with Crippen LogP contribution in [0, 0.1) is 10.1 Å². The Morgan fingerprint density at radius 2 is 1.95 bits per heavy atom. The van der Waals surface area contributed by atoms with Crippen LogP contribution in [0.25, 0.3) is 0 Å². The van der Waals surface area contributed by atoms with Crippen molar-refractivity contribution in [1.82, 2.24) is 0 Å². The summed E-state index contributed by atoms with van der Waals surface area (Å²) in [6.45, 7) is 1.84. The van der Waals surface area contributed by atoms with Gasteiger partial charge in [0.25, 0.3) is 5.91 Å². The predicted molar refractivity (Wildman–Crippen MR) is 68.0 cm³/mol. The molecule has 9 nitrogen and oxygen atoms in total. The fourth-order valence-corrected chi connectivity index (χ4v) is 1.44. The number of carbonyl (C=O) groups excluding carboxylic acids is 2. The maximum absolute atomic E-state index is 11.8. The van der Waals surface area contributed by atoms with E-state index in [1.165, 1.54) is 12.1 Å². The molecule has 0 bridgehead atoms. The number of nitrogens with one attached hydrogen (secondary N) is 1. The highest BCUT2D eigenvalue weighted by Gasteiger charge is 2.19. The highest BCUT2D eigenvalue weighted by molar-refractivity contribution is 6.01. The molecule has 0 aliphatic rings. The number of furan rings is 2. The molecule has 2 aromatic heterocycles. The molecule has 0 aromatic carbocycles. The first-order chi connectivity index (χ1) is 10.0. The van der Waals surface area contributed by atoms with E-state index in [-0.39, 0.29) is 24.0 Å². The summed E-state index contributed by atoms with van der Waals surface area (Å²) in [5, 5.41) is 12.7. The molecule has 110 valence electrons. The molecule has 0 spiro atoms. The Morgan fingerprint density at radius 3 is 2.57 bits per heavy atom. The topological polar surface area (TPSA) is 125 Å². The van der Waals surface area contributed by atoms with Gasteiger partial charge in [-0.05, 0) is 19.1 Å². The van der Waals surface area contributed by atoms with Crippen LogP contribution in [0.3, 0.4) is 0 Å². The van der Waals surface area contributed by atoms with Gasteiger partial charge in [0.05, 0.1) is 12.7 Å². The van der Waals surface area contributed by atoms with Gasteiger partial charge in [-0.25, -0.2) is 4.79 Å². The van der Waals surface area contributed by atoms with Crippen molar-refractivity contribution in [1.29, 1.82) is 0 Å². The van der Waals surface area contributed by atoms with Crippen LogP contribution in [0.1, 0.15) is 28.0 Å². The number of anilines is 1. The average molecular weight is 294 g/mol. The highest BCUT2D eigenvalue weighted by atomic mass is 16.6. The molecular weight excluding hydrogens is 284 g/mol. The second-order valence-electron chi connectivity index (χ2n) is 3.73. The van der Waals surface area contributed by atoms with E-state index in [4.69, 9.17) is 13.6 Å². The van der Waals surface area contributed by atoms with Crippen LogP contribution in [0.2, 0.25) is 0 Å². The number of carbonyl (C=O) groups is 2. The molecule has 21 heavy (non-hydrogen) atoms. The third-order valence-corrected chi connectivity index (χ3v) is 2.31. The minimum absolute atomic E-state index is 0.0119. The van der Waals surface area contributed by atoms with E-state index in [1.807, 2.05) is 0 Å². The van der Waals surface area contributed by atoms with Gasteiger partial charge in [0.15, 0.2) is 5.76 Å². The third-order valence-electron chi connectivity index (χ3n) is 2.31. The minimum Gasteiger partial charge on any atom is -0.460 e. The Bertz CT molecular complexity index is 685. The SMILES string of the molecule is CCOC(=O)c1ccc(NC(=O)c2ccc([N+](=O)[O-])o2)o1. The molecule has 0 unspecified atom stereocenters. The van der Waals surface area contributed by atoms with E-state index in [1.54, 1.807) is 6.92 Å². The lowest BCUT2D eigenvalue weighted by Gasteiger charge is -1.99. The van der Waals surface area contributed by atoms with Gasteiger partial charge in [-0.15, -0.1) is 0 Å². The van der Waals surface area contributed by atoms with Crippen LogP contribution in [-0.4, -0.2) is 23.4 Å². The third kappa shape index (κ3) is 3.26. The fourth-order valence-electron chi connectivity index (χ4n) is 1.44. The standard InChI is InChI=1S/C12H10N2O7/c1-2-19-12(16)8-3-5-9(20-8)13-11(15)7-4-6-10(21-7)14(17)18/h3-6H,2H2,1H3,(H,13,15). The molecule has 0 saturated carbocycles. The number of nitrogens with zero attached hydrogens (tertiary/aromatic N) is 1. The van der Waals surface area contributed by atoms with Crippen LogP contribution in [-0.2, 0) is 4.74 Å². The molecule has 0 fully saturated rings. The van der Waals surface area contributed by atoms with Crippen LogP contribution in [0.15, 0.2) is 33.1 Å². The number of hydrogen-bond acceptors (Lipinski definition) is 7. The number of hydrogen-bond donors (Lipinski definition) is 1. The molecule has 0 aliphatic carbocycles. The van der Waals surface area contributed by atoms with Crippen molar-refractivity contribution >= 4 is 23.6 Å². The van der Waals surface area contributed by atoms with Crippen molar-refractivity contribution in [3.8, 4) is 0 Å². The maximum Gasteiger partial charge on any atom is 0.433 e. The first-order valence-corrected chi connectivity index (χ1v) is 5.83. The second kappa shape index (κ2) is 5.90. The van der Waals surface area contributed by atoms with Gasteiger partial charge in [-0.2, -0.15) is 0 Å². The Kier molecular flexibility index (Phi) is 4.02. The van der Waals surface area contributed by atoms with Gasteiger partial charge in [0, 0.05) is 6.07 Å². The van der Waals surface area contributed by atoms with Gasteiger partial charge in [-0.3, -0.25) is 20.2 Å². The summed E-state index contributed by atoms with van der Waals surface area (Å²) in [7, 11) is 0. The number of esters is 1. The fraction of sp³-hybridized carbons (Fsp3) is 0.167. The van der Waals surface area contributed by atoms with Crippen molar-refractivity contribution in [3.63, 3.8) is 0 Å². The van der Waals surface area contributed by atoms with E-state index >= 15 is 0 Å². The van der Waals surface area contributed by atoms with Crippen molar-refractivity contribution < 1.29 is 28.1 Å². The second-order valence-corrected chi connectivity index (χ2v) is 3.73. The monoisotopic (exact) mass is 294 g/mol. The van der Waals surface area contributed by atoms with Crippen molar-refractivity contribution in [3.05, 3.63) is 45.9 Å². The van der Waals surface area contributed by atoms with Gasteiger partial charge in [0.1, 0.15) is 4.92 Å². The summed E-state index contributed by atoms with van der Waals surface area (Å²) < 4.78 is 14.5. The Labute approximate surface area is 117 Å². The quantitative estimate of drug-likeness (QED) is 0.509. The summed E-state index contributed by atoms with van der Waals surface area (Å²) in [4.78, 5) is 32.8. The molecule has 2 heterocycles. The molecule has 2 aromatic rings. The zero-order valence-corrected chi connectivity index (χ0v) is 10.8. The summed E-state index contributed by atoms with van der Waals surface area (Å²) in [5.74, 6) is -2.29. The Morgan fingerprint density at radius 1 is 1.24 bits per heavy atom. The molecule has 0 saturated heterocycles. The zero-order chi connectivity index (χ0) is 15.4. The van der Waals surface area contributed by atoms with E-state index in [9.17, 15) is 19.7 Å². The van der Waals surface area contributed by atoms with Crippen LogP contribution in [0.4, 0.5) is 11.8 Å². The lowest BCUT2D eigenvalue weighted by Crippen LogP contribution is -2.10. The van der Waals surface area contributed by atoms with E-state index in [0.29, 0.717) is 0 Å². The number of nitro groups is 1. The lowest BCUT2D eigenvalue weighted by atomic mass is 10.4. The van der Waals surface area contributed by atoms with E-state index in [0.717, 1.165) is 12.1 Å². The molecule has 0 atom stereocenters. The predicted octanol–water partition coefficient (Wildman–Crippen LogP) is 2.21. The molecular formula is C12H10N2O7. The van der Waals surface area contributed by atoms with Crippen LogP contribution in [0.5, 0.6) is 0 Å². The van der Waals surface area contributed by atoms with Gasteiger partial charge in [-0.1, -0.05) is 0 Å². The first kappa shape index (κ1) is 14.3. The smallest absolute Gasteiger partial charge is 0.433 e. The summed E-state index contributed by atoms with van der Waals surface area (Å²) in [6, 6.07) is 4.89. The molecule has 9 heteroatoms. The summed E-state index contributed by atoms with van der Waals surface area (Å²) in [5.41, 5.74) is 0. The van der Waals surface area contributed by atoms with E-state index in [2.05, 4.69) is 5.32 Å². The number of amides is 1. The van der Waals surface area contributed by atoms with Crippen LogP contribution < -0.4 is 5.32 Å². The summed E-state index contributed by atoms with van der Waals surface area (Å²) in [6.07, 6.45) is 0. The van der Waals surface area contributed by atoms with Crippen molar-refractivity contribution in [2.75, 3.05) is 11.9 Å². The zero-order valence-electron chi connectivity index (χ0n) is 10.8. The number of rotatable bonds is 5. The van der Waals surface area contributed by atoms with Gasteiger partial charge in [0.2, 0.25) is 11.6 Å². The number of ether oxygens (including phenoxy) is 1. The normalized spacial score (nSPS) is 10.1. The molecule has 0 radical (unpaired) electrons. The van der Waals surface area contributed by atoms with Crippen molar-refractivity contribution in [2.24, 2.45) is 0 Å². The Balaban J connectivity index is 2.05. The molecule has 2 rings (SSSR count). The summed E-state index contributed by atoms with van der Waals surface area (Å²) >= 11 is 0. The van der Waals surface area contributed by atoms with Crippen LogP contribution >= 0.6 is 0 Å². The highest BCUT2D eigenvalue weighted by Crippen LogP contribution is 2.19. The average Bonchev–Trinajstić information content (AvgIpc) is 3.07. The molecule has 1 amide bonds. The maximum atomic E-state index is 11.8. The molecule has 0 aliphatic heterocycles.